The number of nitrogens with one attached hydrogen (secondary N) is 1. The summed E-state index contributed by atoms with van der Waals surface area (Å²) in [6.45, 7) is 4.14. The van der Waals surface area contributed by atoms with Crippen LogP contribution in [0.3, 0.4) is 0 Å². The number of carboxylic acid groups (broad SMARTS) is 1. The Balaban J connectivity index is 2.09. The minimum absolute atomic E-state index is 0.361. The summed E-state index contributed by atoms with van der Waals surface area (Å²) in [6, 6.07) is 4.36. The summed E-state index contributed by atoms with van der Waals surface area (Å²) in [5.74, 6) is 0.149. The van der Waals surface area contributed by atoms with E-state index in [0.717, 1.165) is 5.56 Å². The third-order valence-electron chi connectivity index (χ3n) is 3.89. The standard InChI is InChI=1S/C16H16FNO3S/c1-16(2)8-21-13-6-10(9-3-4-22-7-9)12(17)5-11(13)14(16)18-15(19)20/h3-7,14,18H,8H2,1-2H3,(H,19,20). The van der Waals surface area contributed by atoms with Gasteiger partial charge in [-0.25, -0.2) is 9.18 Å². The first kappa shape index (κ1) is 14.8. The molecule has 0 saturated carbocycles. The first-order valence-electron chi connectivity index (χ1n) is 6.87. The van der Waals surface area contributed by atoms with Crippen molar-refractivity contribution in [1.82, 2.24) is 5.32 Å². The van der Waals surface area contributed by atoms with Crippen LogP contribution >= 0.6 is 11.3 Å². The summed E-state index contributed by atoms with van der Waals surface area (Å²) in [4.78, 5) is 11.1. The fourth-order valence-electron chi connectivity index (χ4n) is 2.72. The van der Waals surface area contributed by atoms with Gasteiger partial charge < -0.3 is 15.2 Å². The van der Waals surface area contributed by atoms with Gasteiger partial charge in [-0.2, -0.15) is 11.3 Å². The zero-order chi connectivity index (χ0) is 15.9. The Hall–Kier alpha value is -2.08. The summed E-state index contributed by atoms with van der Waals surface area (Å²) in [6.07, 6.45) is -1.13. The lowest BCUT2D eigenvalue weighted by molar-refractivity contribution is 0.0992. The van der Waals surface area contributed by atoms with Crippen LogP contribution in [0, 0.1) is 11.2 Å². The molecule has 0 saturated heterocycles. The quantitative estimate of drug-likeness (QED) is 0.868. The molecule has 2 aromatic rings. The van der Waals surface area contributed by atoms with Gasteiger partial charge in [0, 0.05) is 16.5 Å². The van der Waals surface area contributed by atoms with Crippen LogP contribution in [0.4, 0.5) is 9.18 Å². The van der Waals surface area contributed by atoms with Crippen molar-refractivity contribution in [2.45, 2.75) is 19.9 Å². The molecule has 1 aliphatic heterocycles. The number of ether oxygens (including phenoxy) is 1. The van der Waals surface area contributed by atoms with Gasteiger partial charge in [0.1, 0.15) is 11.6 Å². The molecule has 1 aliphatic rings. The van der Waals surface area contributed by atoms with E-state index in [1.54, 1.807) is 6.07 Å². The van der Waals surface area contributed by atoms with Crippen molar-refractivity contribution in [3.05, 3.63) is 40.3 Å². The highest BCUT2D eigenvalue weighted by molar-refractivity contribution is 7.08. The molecule has 0 bridgehead atoms. The van der Waals surface area contributed by atoms with Crippen molar-refractivity contribution in [3.8, 4) is 16.9 Å². The summed E-state index contributed by atoms with van der Waals surface area (Å²) in [5.41, 5.74) is 1.34. The summed E-state index contributed by atoms with van der Waals surface area (Å²) < 4.78 is 20.2. The molecule has 22 heavy (non-hydrogen) atoms. The van der Waals surface area contributed by atoms with Gasteiger partial charge >= 0.3 is 6.09 Å². The first-order valence-corrected chi connectivity index (χ1v) is 7.81. The van der Waals surface area contributed by atoms with Gasteiger partial charge in [-0.05, 0) is 34.5 Å². The first-order chi connectivity index (χ1) is 10.4. The molecule has 0 radical (unpaired) electrons. The Morgan fingerprint density at radius 1 is 1.50 bits per heavy atom. The lowest BCUT2D eigenvalue weighted by Crippen LogP contribution is -2.43. The molecule has 4 nitrogen and oxygen atoms in total. The molecule has 1 atom stereocenters. The minimum atomic E-state index is -1.13. The largest absolute Gasteiger partial charge is 0.493 e. The summed E-state index contributed by atoms with van der Waals surface area (Å²) in [7, 11) is 0. The molecule has 1 unspecified atom stereocenters. The number of carbonyl (C=O) groups is 1. The monoisotopic (exact) mass is 321 g/mol. The molecule has 1 aromatic carbocycles. The molecule has 3 rings (SSSR count). The third-order valence-corrected chi connectivity index (χ3v) is 4.57. The molecule has 1 aromatic heterocycles. The van der Waals surface area contributed by atoms with Crippen molar-refractivity contribution < 1.29 is 19.0 Å². The van der Waals surface area contributed by atoms with Crippen LogP contribution in [0.25, 0.3) is 11.1 Å². The highest BCUT2D eigenvalue weighted by Gasteiger charge is 2.39. The number of benzene rings is 1. The fraction of sp³-hybridized carbons (Fsp3) is 0.312. The maximum atomic E-state index is 14.5. The van der Waals surface area contributed by atoms with E-state index >= 15 is 0 Å². The predicted molar refractivity (Wildman–Crippen MR) is 82.9 cm³/mol. The van der Waals surface area contributed by atoms with Crippen molar-refractivity contribution in [1.29, 1.82) is 0 Å². The fourth-order valence-corrected chi connectivity index (χ4v) is 3.38. The number of hydrogen-bond donors (Lipinski definition) is 2. The van der Waals surface area contributed by atoms with Gasteiger partial charge in [0.25, 0.3) is 0 Å². The number of rotatable bonds is 2. The van der Waals surface area contributed by atoms with E-state index in [4.69, 9.17) is 9.84 Å². The second kappa shape index (κ2) is 5.28. The molecule has 2 N–H and O–H groups in total. The Labute approximate surface area is 131 Å². The number of halogens is 1. The second-order valence-electron chi connectivity index (χ2n) is 6.04. The topological polar surface area (TPSA) is 58.6 Å². The molecule has 0 spiro atoms. The van der Waals surface area contributed by atoms with Crippen LogP contribution in [0.2, 0.25) is 0 Å². The van der Waals surface area contributed by atoms with E-state index in [1.807, 2.05) is 30.7 Å². The average Bonchev–Trinajstić information content (AvgIpc) is 2.95. The van der Waals surface area contributed by atoms with Crippen molar-refractivity contribution in [2.75, 3.05) is 6.61 Å². The normalized spacial score (nSPS) is 19.1. The van der Waals surface area contributed by atoms with E-state index < -0.39 is 17.6 Å². The van der Waals surface area contributed by atoms with Crippen LogP contribution in [0.5, 0.6) is 5.75 Å². The maximum absolute atomic E-state index is 14.5. The zero-order valence-corrected chi connectivity index (χ0v) is 13.0. The SMILES string of the molecule is CC1(C)COc2cc(-c3ccsc3)c(F)cc2C1NC(=O)O. The highest BCUT2D eigenvalue weighted by Crippen LogP contribution is 2.45. The number of thiophene rings is 1. The van der Waals surface area contributed by atoms with Gasteiger partial charge in [-0.3, -0.25) is 0 Å². The van der Waals surface area contributed by atoms with Gasteiger partial charge in [-0.15, -0.1) is 0 Å². The lowest BCUT2D eigenvalue weighted by atomic mass is 9.78. The van der Waals surface area contributed by atoms with E-state index in [9.17, 15) is 9.18 Å². The summed E-state index contributed by atoms with van der Waals surface area (Å²) >= 11 is 1.49. The van der Waals surface area contributed by atoms with Crippen LogP contribution in [0.15, 0.2) is 29.0 Å². The Morgan fingerprint density at radius 2 is 2.27 bits per heavy atom. The minimum Gasteiger partial charge on any atom is -0.493 e. The van der Waals surface area contributed by atoms with E-state index in [2.05, 4.69) is 5.32 Å². The van der Waals surface area contributed by atoms with Crippen LogP contribution in [-0.4, -0.2) is 17.8 Å². The number of fused-ring (bicyclic) bond motifs is 1. The molecule has 1 amide bonds. The van der Waals surface area contributed by atoms with Crippen molar-refractivity contribution >= 4 is 17.4 Å². The average molecular weight is 321 g/mol. The van der Waals surface area contributed by atoms with Gasteiger partial charge in [0.05, 0.1) is 12.6 Å². The van der Waals surface area contributed by atoms with Crippen LogP contribution < -0.4 is 10.1 Å². The lowest BCUT2D eigenvalue weighted by Gasteiger charge is -2.39. The van der Waals surface area contributed by atoms with E-state index in [1.165, 1.54) is 17.4 Å². The third kappa shape index (κ3) is 2.54. The summed E-state index contributed by atoms with van der Waals surface area (Å²) in [5, 5.41) is 15.3. The van der Waals surface area contributed by atoms with E-state index in [-0.39, 0.29) is 5.82 Å². The number of hydrogen-bond acceptors (Lipinski definition) is 3. The molecule has 0 aliphatic carbocycles. The molecular weight excluding hydrogens is 305 g/mol. The van der Waals surface area contributed by atoms with Crippen LogP contribution in [-0.2, 0) is 0 Å². The highest BCUT2D eigenvalue weighted by atomic mass is 32.1. The van der Waals surface area contributed by atoms with Crippen molar-refractivity contribution in [3.63, 3.8) is 0 Å². The molecule has 2 heterocycles. The Morgan fingerprint density at radius 3 is 2.91 bits per heavy atom. The zero-order valence-electron chi connectivity index (χ0n) is 12.2. The van der Waals surface area contributed by atoms with Crippen molar-refractivity contribution in [2.24, 2.45) is 5.41 Å². The second-order valence-corrected chi connectivity index (χ2v) is 6.82. The molecule has 0 fully saturated rings. The van der Waals surface area contributed by atoms with Gasteiger partial charge in [-0.1, -0.05) is 13.8 Å². The van der Waals surface area contributed by atoms with Gasteiger partial charge in [0.15, 0.2) is 0 Å². The molecular formula is C16H16FNO3S. The number of amides is 1. The molecule has 6 heteroatoms. The smallest absolute Gasteiger partial charge is 0.405 e. The molecule has 116 valence electrons. The Kier molecular flexibility index (Phi) is 3.56. The van der Waals surface area contributed by atoms with E-state index in [0.29, 0.717) is 23.5 Å². The predicted octanol–water partition coefficient (Wildman–Crippen LogP) is 4.28. The van der Waals surface area contributed by atoms with Crippen LogP contribution in [0.1, 0.15) is 25.5 Å². The van der Waals surface area contributed by atoms with Gasteiger partial charge in [0.2, 0.25) is 0 Å². The Bertz CT molecular complexity index is 712. The maximum Gasteiger partial charge on any atom is 0.405 e.